The summed E-state index contributed by atoms with van der Waals surface area (Å²) < 4.78 is 38.0. The molecule has 1 saturated heterocycles. The van der Waals surface area contributed by atoms with Crippen molar-refractivity contribution in [3.8, 4) is 5.75 Å². The highest BCUT2D eigenvalue weighted by molar-refractivity contribution is 7.89. The number of rotatable bonds is 7. The SMILES string of the molecule is CCNCc1ccc(S(=O)(=O)NC2CCOC2)c(OC)c1. The molecule has 0 amide bonds. The minimum atomic E-state index is -3.60. The van der Waals surface area contributed by atoms with Gasteiger partial charge in [0.25, 0.3) is 0 Å². The van der Waals surface area contributed by atoms with Crippen LogP contribution in [0.25, 0.3) is 0 Å². The molecule has 1 unspecified atom stereocenters. The molecule has 21 heavy (non-hydrogen) atoms. The van der Waals surface area contributed by atoms with Crippen LogP contribution in [0.1, 0.15) is 18.9 Å². The Labute approximate surface area is 125 Å². The van der Waals surface area contributed by atoms with E-state index < -0.39 is 10.0 Å². The van der Waals surface area contributed by atoms with Gasteiger partial charge in [-0.05, 0) is 30.7 Å². The van der Waals surface area contributed by atoms with Crippen LogP contribution in [0.4, 0.5) is 0 Å². The van der Waals surface area contributed by atoms with E-state index in [9.17, 15) is 8.42 Å². The van der Waals surface area contributed by atoms with E-state index in [1.165, 1.54) is 7.11 Å². The maximum Gasteiger partial charge on any atom is 0.244 e. The molecular weight excluding hydrogens is 292 g/mol. The van der Waals surface area contributed by atoms with Crippen molar-refractivity contribution in [3.63, 3.8) is 0 Å². The van der Waals surface area contributed by atoms with Crippen LogP contribution < -0.4 is 14.8 Å². The van der Waals surface area contributed by atoms with Gasteiger partial charge in [0.05, 0.1) is 13.7 Å². The van der Waals surface area contributed by atoms with Gasteiger partial charge in [-0.1, -0.05) is 13.0 Å². The van der Waals surface area contributed by atoms with Crippen LogP contribution in [0.3, 0.4) is 0 Å². The predicted molar refractivity (Wildman–Crippen MR) is 79.9 cm³/mol. The second-order valence-corrected chi connectivity index (χ2v) is 6.63. The third-order valence-electron chi connectivity index (χ3n) is 3.35. The summed E-state index contributed by atoms with van der Waals surface area (Å²) in [5.41, 5.74) is 0.983. The molecule has 0 radical (unpaired) electrons. The number of hydrogen-bond acceptors (Lipinski definition) is 5. The topological polar surface area (TPSA) is 76.7 Å². The molecule has 2 N–H and O–H groups in total. The molecule has 0 aromatic heterocycles. The minimum Gasteiger partial charge on any atom is -0.495 e. The molecule has 1 atom stereocenters. The van der Waals surface area contributed by atoms with Crippen LogP contribution in [0.5, 0.6) is 5.75 Å². The van der Waals surface area contributed by atoms with E-state index >= 15 is 0 Å². The highest BCUT2D eigenvalue weighted by Gasteiger charge is 2.26. The Morgan fingerprint density at radius 1 is 1.43 bits per heavy atom. The number of benzene rings is 1. The molecule has 1 aromatic carbocycles. The van der Waals surface area contributed by atoms with E-state index in [4.69, 9.17) is 9.47 Å². The van der Waals surface area contributed by atoms with Crippen LogP contribution >= 0.6 is 0 Å². The fourth-order valence-electron chi connectivity index (χ4n) is 2.22. The zero-order valence-electron chi connectivity index (χ0n) is 12.4. The number of methoxy groups -OCH3 is 1. The number of ether oxygens (including phenoxy) is 2. The molecule has 6 nitrogen and oxygen atoms in total. The normalized spacial score (nSPS) is 18.9. The summed E-state index contributed by atoms with van der Waals surface area (Å²) in [6.45, 7) is 4.55. The van der Waals surface area contributed by atoms with Crippen LogP contribution in [0, 0.1) is 0 Å². The van der Waals surface area contributed by atoms with Gasteiger partial charge >= 0.3 is 0 Å². The van der Waals surface area contributed by atoms with Gasteiger partial charge in [-0.15, -0.1) is 0 Å². The minimum absolute atomic E-state index is 0.164. The van der Waals surface area contributed by atoms with Crippen LogP contribution in [-0.4, -0.2) is 41.3 Å². The first kappa shape index (κ1) is 16.2. The van der Waals surface area contributed by atoms with Crippen molar-refractivity contribution < 1.29 is 17.9 Å². The second-order valence-electron chi connectivity index (χ2n) is 4.95. The summed E-state index contributed by atoms with van der Waals surface area (Å²) in [7, 11) is -2.12. The molecule has 0 aliphatic carbocycles. The van der Waals surface area contributed by atoms with Gasteiger partial charge in [0.15, 0.2) is 0 Å². The Kier molecular flexibility index (Phi) is 5.58. The molecule has 1 aromatic rings. The lowest BCUT2D eigenvalue weighted by molar-refractivity contribution is 0.192. The van der Waals surface area contributed by atoms with Crippen LogP contribution in [0.15, 0.2) is 23.1 Å². The first-order valence-electron chi connectivity index (χ1n) is 7.04. The Morgan fingerprint density at radius 3 is 2.86 bits per heavy atom. The van der Waals surface area contributed by atoms with Gasteiger partial charge in [-0.2, -0.15) is 0 Å². The molecule has 0 spiro atoms. The fraction of sp³-hybridized carbons (Fsp3) is 0.571. The van der Waals surface area contributed by atoms with E-state index in [1.807, 2.05) is 6.92 Å². The molecular formula is C14H22N2O4S. The van der Waals surface area contributed by atoms with E-state index in [0.717, 1.165) is 12.1 Å². The molecule has 1 aliphatic rings. The number of sulfonamides is 1. The average Bonchev–Trinajstić information content (AvgIpc) is 2.96. The zero-order chi connectivity index (χ0) is 15.3. The second kappa shape index (κ2) is 7.22. The third kappa shape index (κ3) is 4.16. The highest BCUT2D eigenvalue weighted by atomic mass is 32.2. The van der Waals surface area contributed by atoms with E-state index in [2.05, 4.69) is 10.0 Å². The summed E-state index contributed by atoms with van der Waals surface area (Å²) in [5.74, 6) is 0.358. The van der Waals surface area contributed by atoms with Gasteiger partial charge < -0.3 is 14.8 Å². The summed E-state index contributed by atoms with van der Waals surface area (Å²) in [5, 5.41) is 3.20. The van der Waals surface area contributed by atoms with Crippen molar-refractivity contribution in [2.24, 2.45) is 0 Å². The van der Waals surface area contributed by atoms with E-state index in [1.54, 1.807) is 18.2 Å². The molecule has 1 aliphatic heterocycles. The molecule has 0 saturated carbocycles. The Bertz CT molecular complexity index is 568. The van der Waals surface area contributed by atoms with Crippen molar-refractivity contribution in [2.45, 2.75) is 30.8 Å². The van der Waals surface area contributed by atoms with Crippen molar-refractivity contribution in [2.75, 3.05) is 26.9 Å². The average molecular weight is 314 g/mol. The van der Waals surface area contributed by atoms with Crippen LogP contribution in [-0.2, 0) is 21.3 Å². The van der Waals surface area contributed by atoms with Crippen molar-refractivity contribution in [3.05, 3.63) is 23.8 Å². The molecule has 7 heteroatoms. The maximum absolute atomic E-state index is 12.4. The van der Waals surface area contributed by atoms with Gasteiger partial charge in [0.1, 0.15) is 10.6 Å². The van der Waals surface area contributed by atoms with Gasteiger partial charge in [-0.25, -0.2) is 13.1 Å². The Morgan fingerprint density at radius 2 is 2.24 bits per heavy atom. The first-order chi connectivity index (χ1) is 10.1. The molecule has 2 rings (SSSR count). The first-order valence-corrected chi connectivity index (χ1v) is 8.53. The van der Waals surface area contributed by atoms with Crippen molar-refractivity contribution in [1.82, 2.24) is 10.0 Å². The summed E-state index contributed by atoms with van der Waals surface area (Å²) in [6, 6.07) is 4.97. The lowest BCUT2D eigenvalue weighted by Crippen LogP contribution is -2.35. The van der Waals surface area contributed by atoms with Crippen LogP contribution in [0.2, 0.25) is 0 Å². The fourth-order valence-corrected chi connectivity index (χ4v) is 3.63. The Balaban J connectivity index is 2.20. The quantitative estimate of drug-likeness (QED) is 0.781. The lowest BCUT2D eigenvalue weighted by Gasteiger charge is -2.15. The third-order valence-corrected chi connectivity index (χ3v) is 4.91. The Hall–Kier alpha value is -1.15. The highest BCUT2D eigenvalue weighted by Crippen LogP contribution is 2.25. The van der Waals surface area contributed by atoms with Crippen molar-refractivity contribution >= 4 is 10.0 Å². The lowest BCUT2D eigenvalue weighted by atomic mass is 10.2. The van der Waals surface area contributed by atoms with Gasteiger partial charge in [0.2, 0.25) is 10.0 Å². The smallest absolute Gasteiger partial charge is 0.244 e. The van der Waals surface area contributed by atoms with Gasteiger partial charge in [0, 0.05) is 19.2 Å². The standard InChI is InChI=1S/C14H22N2O4S/c1-3-15-9-11-4-5-14(13(8-11)19-2)21(17,18)16-12-6-7-20-10-12/h4-5,8,12,15-16H,3,6-7,9-10H2,1-2H3. The van der Waals surface area contributed by atoms with Crippen molar-refractivity contribution in [1.29, 1.82) is 0 Å². The summed E-state index contributed by atoms with van der Waals surface area (Å²) >= 11 is 0. The number of hydrogen-bond donors (Lipinski definition) is 2. The summed E-state index contributed by atoms with van der Waals surface area (Å²) in [4.78, 5) is 0.164. The molecule has 118 valence electrons. The van der Waals surface area contributed by atoms with Gasteiger partial charge in [-0.3, -0.25) is 0 Å². The number of nitrogens with one attached hydrogen (secondary N) is 2. The summed E-state index contributed by atoms with van der Waals surface area (Å²) in [6.07, 6.45) is 0.694. The molecule has 1 heterocycles. The van der Waals surface area contributed by atoms with E-state index in [0.29, 0.717) is 31.9 Å². The largest absolute Gasteiger partial charge is 0.495 e. The van der Waals surface area contributed by atoms with E-state index in [-0.39, 0.29) is 10.9 Å². The zero-order valence-corrected chi connectivity index (χ0v) is 13.2. The maximum atomic E-state index is 12.4. The molecule has 0 bridgehead atoms. The monoisotopic (exact) mass is 314 g/mol. The molecule has 1 fully saturated rings. The predicted octanol–water partition coefficient (Wildman–Crippen LogP) is 0.872.